The molecule has 1 amide bonds. The molecule has 29 heavy (non-hydrogen) atoms. The minimum absolute atomic E-state index is 0.0105. The zero-order valence-electron chi connectivity index (χ0n) is 16.9. The Bertz CT molecular complexity index is 940. The number of benzene rings is 2. The number of hydrogen-bond acceptors (Lipinski definition) is 4. The van der Waals surface area contributed by atoms with Crippen LogP contribution in [0.4, 0.5) is 0 Å². The van der Waals surface area contributed by atoms with Crippen LogP contribution in [0.15, 0.2) is 36.4 Å². The molecule has 2 fully saturated rings. The zero-order chi connectivity index (χ0) is 20.8. The van der Waals surface area contributed by atoms with Crippen molar-refractivity contribution < 1.29 is 14.4 Å². The molecule has 2 saturated heterocycles. The number of hydroxylamine groups is 2. The van der Waals surface area contributed by atoms with Gasteiger partial charge in [-0.05, 0) is 66.6 Å². The van der Waals surface area contributed by atoms with Crippen molar-refractivity contribution in [3.8, 4) is 11.1 Å². The second kappa shape index (κ2) is 7.56. The molecule has 1 spiro atoms. The number of ketones is 1. The van der Waals surface area contributed by atoms with Gasteiger partial charge >= 0.3 is 0 Å². The van der Waals surface area contributed by atoms with Crippen molar-refractivity contribution in [2.24, 2.45) is 0 Å². The molecule has 2 aromatic carbocycles. The van der Waals surface area contributed by atoms with Crippen LogP contribution in [-0.4, -0.2) is 42.5 Å². The van der Waals surface area contributed by atoms with Crippen molar-refractivity contribution in [2.45, 2.75) is 38.1 Å². The molecule has 4 rings (SSSR count). The van der Waals surface area contributed by atoms with Gasteiger partial charge in [0.25, 0.3) is 0 Å². The van der Waals surface area contributed by atoms with E-state index in [4.69, 9.17) is 16.4 Å². The number of piperidine rings is 1. The van der Waals surface area contributed by atoms with Crippen LogP contribution in [0.25, 0.3) is 11.1 Å². The van der Waals surface area contributed by atoms with E-state index in [9.17, 15) is 9.59 Å². The summed E-state index contributed by atoms with van der Waals surface area (Å²) in [6.45, 7) is 5.20. The van der Waals surface area contributed by atoms with Gasteiger partial charge in [0.15, 0.2) is 5.78 Å². The monoisotopic (exact) mass is 412 g/mol. The third-order valence-electron chi connectivity index (χ3n) is 6.25. The quantitative estimate of drug-likeness (QED) is 0.779. The highest BCUT2D eigenvalue weighted by Crippen LogP contribution is 2.39. The van der Waals surface area contributed by atoms with Crippen molar-refractivity contribution >= 4 is 23.3 Å². The van der Waals surface area contributed by atoms with Gasteiger partial charge in [0.2, 0.25) is 5.91 Å². The van der Waals surface area contributed by atoms with Gasteiger partial charge in [-0.2, -0.15) is 5.06 Å². The van der Waals surface area contributed by atoms with Crippen molar-refractivity contribution in [2.75, 3.05) is 20.2 Å². The lowest BCUT2D eigenvalue weighted by Gasteiger charge is -2.36. The van der Waals surface area contributed by atoms with E-state index in [0.29, 0.717) is 31.0 Å². The number of carbonyl (C=O) groups excluding carboxylic acids is 2. The third-order valence-corrected chi connectivity index (χ3v) is 6.50. The average Bonchev–Trinajstić information content (AvgIpc) is 2.93. The number of hydrogen-bond donors (Lipinski definition) is 1. The summed E-state index contributed by atoms with van der Waals surface area (Å²) in [5, 5.41) is 5.55. The van der Waals surface area contributed by atoms with Gasteiger partial charge in [-0.25, -0.2) is 0 Å². The zero-order valence-corrected chi connectivity index (χ0v) is 17.7. The maximum Gasteiger partial charge on any atom is 0.235 e. The minimum Gasteiger partial charge on any atom is -0.343 e. The molecule has 2 aliphatic heterocycles. The number of nitrogens with zero attached hydrogens (tertiary/aromatic N) is 1. The summed E-state index contributed by atoms with van der Waals surface area (Å²) in [5.74, 6) is -0.946. The largest absolute Gasteiger partial charge is 0.343 e. The van der Waals surface area contributed by atoms with Gasteiger partial charge < -0.3 is 10.2 Å². The van der Waals surface area contributed by atoms with Gasteiger partial charge in [-0.15, -0.1) is 0 Å². The van der Waals surface area contributed by atoms with Crippen LogP contribution in [-0.2, 0) is 14.4 Å². The Kier molecular flexibility index (Phi) is 5.23. The lowest BCUT2D eigenvalue weighted by molar-refractivity contribution is -0.157. The van der Waals surface area contributed by atoms with Crippen LogP contribution < -0.4 is 5.32 Å². The summed E-state index contributed by atoms with van der Waals surface area (Å²) in [6, 6.07) is 11.8. The van der Waals surface area contributed by atoms with Gasteiger partial charge in [0, 0.05) is 18.1 Å². The highest BCUT2D eigenvalue weighted by molar-refractivity contribution is 6.30. The van der Waals surface area contributed by atoms with E-state index in [1.54, 1.807) is 7.11 Å². The molecule has 0 radical (unpaired) electrons. The molecular formula is C23H25ClN2O3. The maximum absolute atomic E-state index is 13.4. The topological polar surface area (TPSA) is 58.6 Å². The molecule has 6 heteroatoms. The summed E-state index contributed by atoms with van der Waals surface area (Å²) in [6.07, 6.45) is 1.14. The number of carbonyl (C=O) groups is 2. The fourth-order valence-corrected chi connectivity index (χ4v) is 4.81. The molecule has 0 saturated carbocycles. The van der Waals surface area contributed by atoms with Crippen LogP contribution in [0, 0.1) is 13.8 Å². The Morgan fingerprint density at radius 1 is 1.03 bits per heavy atom. The van der Waals surface area contributed by atoms with E-state index in [0.717, 1.165) is 27.8 Å². The molecule has 0 unspecified atom stereocenters. The van der Waals surface area contributed by atoms with Crippen LogP contribution in [0.5, 0.6) is 0 Å². The lowest BCUT2D eigenvalue weighted by Crippen LogP contribution is -2.54. The normalized spacial score (nSPS) is 21.6. The van der Waals surface area contributed by atoms with E-state index in [1.165, 1.54) is 0 Å². The van der Waals surface area contributed by atoms with Crippen LogP contribution >= 0.6 is 11.6 Å². The van der Waals surface area contributed by atoms with Crippen molar-refractivity contribution in [1.82, 2.24) is 10.4 Å². The molecule has 2 aromatic rings. The third kappa shape index (κ3) is 3.48. The Morgan fingerprint density at radius 3 is 2.17 bits per heavy atom. The minimum atomic E-state index is -0.773. The van der Waals surface area contributed by atoms with E-state index in [2.05, 4.69) is 5.32 Å². The highest BCUT2D eigenvalue weighted by Gasteiger charge is 2.54. The van der Waals surface area contributed by atoms with E-state index in [-0.39, 0.29) is 11.7 Å². The van der Waals surface area contributed by atoms with E-state index < -0.39 is 11.5 Å². The molecular weight excluding hydrogens is 388 g/mol. The van der Waals surface area contributed by atoms with E-state index >= 15 is 0 Å². The highest BCUT2D eigenvalue weighted by atomic mass is 35.5. The Hall–Kier alpha value is -2.21. The second-order valence-electron chi connectivity index (χ2n) is 8.01. The van der Waals surface area contributed by atoms with Crippen molar-refractivity contribution in [1.29, 1.82) is 0 Å². The van der Waals surface area contributed by atoms with Gasteiger partial charge in [0.1, 0.15) is 11.5 Å². The number of Topliss-reactive ketones (excluding diaryl/α,β-unsaturated/α-hetero) is 1. The fourth-order valence-electron chi connectivity index (χ4n) is 4.69. The molecule has 0 aromatic heterocycles. The molecule has 2 aliphatic rings. The van der Waals surface area contributed by atoms with Crippen molar-refractivity contribution in [3.63, 3.8) is 0 Å². The Morgan fingerprint density at radius 2 is 1.62 bits per heavy atom. The van der Waals surface area contributed by atoms with Crippen LogP contribution in [0.1, 0.15) is 35.4 Å². The number of nitrogens with one attached hydrogen (secondary N) is 1. The van der Waals surface area contributed by atoms with Gasteiger partial charge in [-0.3, -0.25) is 9.59 Å². The van der Waals surface area contributed by atoms with Gasteiger partial charge in [0.05, 0.1) is 7.11 Å². The van der Waals surface area contributed by atoms with Gasteiger partial charge in [-0.1, -0.05) is 35.9 Å². The van der Waals surface area contributed by atoms with Crippen LogP contribution in [0.3, 0.4) is 0 Å². The predicted molar refractivity (Wildman–Crippen MR) is 113 cm³/mol. The first-order chi connectivity index (χ1) is 13.8. The first kappa shape index (κ1) is 20.1. The summed E-state index contributed by atoms with van der Waals surface area (Å²) in [5.41, 5.74) is 4.07. The summed E-state index contributed by atoms with van der Waals surface area (Å²) < 4.78 is 0. The van der Waals surface area contributed by atoms with Crippen LogP contribution in [0.2, 0.25) is 5.02 Å². The number of rotatable bonds is 3. The van der Waals surface area contributed by atoms with E-state index in [1.807, 2.05) is 55.3 Å². The predicted octanol–water partition coefficient (Wildman–Crippen LogP) is 3.80. The average molecular weight is 413 g/mol. The lowest BCUT2D eigenvalue weighted by atomic mass is 9.78. The standard InChI is InChI=1S/C23H25ClN2O3/c1-14-12-17(16-4-6-18(24)7-5-16)13-15(2)19(14)20-21(27)23(25-22(20)28)8-10-26(29-3)11-9-23/h4-7,12-13,20H,8-11H2,1-3H3,(H,25,28)/t20-/m0/s1. The SMILES string of the molecule is CON1CCC2(CC1)NC(=O)[C@@H](c1c(C)cc(-c3ccc(Cl)cc3)cc1C)C2=O. The van der Waals surface area contributed by atoms with Crippen molar-refractivity contribution in [3.05, 3.63) is 58.1 Å². The molecule has 5 nitrogen and oxygen atoms in total. The first-order valence-electron chi connectivity index (χ1n) is 9.87. The molecule has 2 heterocycles. The summed E-state index contributed by atoms with van der Waals surface area (Å²) in [7, 11) is 1.63. The molecule has 1 atom stereocenters. The molecule has 152 valence electrons. The summed E-state index contributed by atoms with van der Waals surface area (Å²) >= 11 is 6.00. The first-order valence-corrected chi connectivity index (χ1v) is 10.2. The molecule has 0 aliphatic carbocycles. The second-order valence-corrected chi connectivity index (χ2v) is 8.45. The number of amides is 1. The smallest absolute Gasteiger partial charge is 0.235 e. The Labute approximate surface area is 175 Å². The number of aryl methyl sites for hydroxylation is 2. The Balaban J connectivity index is 1.67. The molecule has 1 N–H and O–H groups in total. The maximum atomic E-state index is 13.4. The fraction of sp³-hybridized carbons (Fsp3) is 0.391. The number of halogens is 1. The molecule has 0 bridgehead atoms. The summed E-state index contributed by atoms with van der Waals surface area (Å²) in [4.78, 5) is 31.6.